The third-order valence-corrected chi connectivity index (χ3v) is 4.98. The summed E-state index contributed by atoms with van der Waals surface area (Å²) in [5.74, 6) is 0.307. The Labute approximate surface area is 140 Å². The number of hydrogen-bond donors (Lipinski definition) is 2. The van der Waals surface area contributed by atoms with Gasteiger partial charge < -0.3 is 20.1 Å². The Kier molecular flexibility index (Phi) is 5.95. The lowest BCUT2D eigenvalue weighted by Crippen LogP contribution is -2.52. The molecule has 0 radical (unpaired) electrons. The van der Waals surface area contributed by atoms with Crippen molar-refractivity contribution in [2.24, 2.45) is 5.92 Å². The topological polar surface area (TPSA) is 61.8 Å². The third kappa shape index (κ3) is 5.08. The van der Waals surface area contributed by atoms with E-state index in [0.29, 0.717) is 24.0 Å². The quantitative estimate of drug-likeness (QED) is 0.815. The molecule has 0 aromatic carbocycles. The van der Waals surface area contributed by atoms with E-state index in [0.717, 1.165) is 38.6 Å². The van der Waals surface area contributed by atoms with Crippen molar-refractivity contribution in [3.63, 3.8) is 0 Å². The second-order valence-electron chi connectivity index (χ2n) is 8.50. The van der Waals surface area contributed by atoms with Gasteiger partial charge in [-0.15, -0.1) is 0 Å². The van der Waals surface area contributed by atoms with Crippen LogP contribution in [-0.2, 0) is 4.74 Å². The Morgan fingerprint density at radius 3 is 2.30 bits per heavy atom. The minimum Gasteiger partial charge on any atom is -0.444 e. The third-order valence-electron chi connectivity index (χ3n) is 4.98. The zero-order valence-electron chi connectivity index (χ0n) is 15.3. The van der Waals surface area contributed by atoms with E-state index in [-0.39, 0.29) is 12.2 Å². The van der Waals surface area contributed by atoms with Gasteiger partial charge in [-0.2, -0.15) is 0 Å². The molecule has 0 aromatic rings. The van der Waals surface area contributed by atoms with E-state index in [2.05, 4.69) is 5.32 Å². The molecule has 2 aliphatic heterocycles. The van der Waals surface area contributed by atoms with Gasteiger partial charge in [-0.3, -0.25) is 0 Å². The first kappa shape index (κ1) is 18.5. The Bertz CT molecular complexity index is 392. The van der Waals surface area contributed by atoms with E-state index in [9.17, 15) is 9.90 Å². The summed E-state index contributed by atoms with van der Waals surface area (Å²) in [6, 6.07) is 1.05. The Morgan fingerprint density at radius 1 is 1.26 bits per heavy atom. The summed E-state index contributed by atoms with van der Waals surface area (Å²) in [7, 11) is 0. The van der Waals surface area contributed by atoms with E-state index >= 15 is 0 Å². The summed E-state index contributed by atoms with van der Waals surface area (Å²) in [4.78, 5) is 14.4. The highest BCUT2D eigenvalue weighted by molar-refractivity contribution is 5.69. The molecule has 2 rings (SSSR count). The SMILES string of the molecule is CC(C)C(O)CCNC1CC2CCC(C1)N2C(=O)OC(C)(C)C. The number of aliphatic hydroxyl groups excluding tert-OH is 1. The van der Waals surface area contributed by atoms with Crippen molar-refractivity contribution in [2.45, 2.75) is 96.6 Å². The van der Waals surface area contributed by atoms with E-state index in [4.69, 9.17) is 4.74 Å². The van der Waals surface area contributed by atoms with Crippen LogP contribution in [0.2, 0.25) is 0 Å². The van der Waals surface area contributed by atoms with Gasteiger partial charge in [0.15, 0.2) is 0 Å². The fourth-order valence-corrected chi connectivity index (χ4v) is 3.73. The molecule has 0 spiro atoms. The van der Waals surface area contributed by atoms with Gasteiger partial charge in [0, 0.05) is 18.1 Å². The average Bonchev–Trinajstić information content (AvgIpc) is 2.68. The maximum absolute atomic E-state index is 12.4. The highest BCUT2D eigenvalue weighted by Gasteiger charge is 2.44. The van der Waals surface area contributed by atoms with Crippen molar-refractivity contribution >= 4 is 6.09 Å². The van der Waals surface area contributed by atoms with Crippen molar-refractivity contribution < 1.29 is 14.6 Å². The molecular formula is C18H34N2O3. The monoisotopic (exact) mass is 326 g/mol. The number of nitrogens with one attached hydrogen (secondary N) is 1. The second-order valence-corrected chi connectivity index (χ2v) is 8.50. The highest BCUT2D eigenvalue weighted by Crippen LogP contribution is 2.36. The number of aliphatic hydroxyl groups is 1. The molecule has 3 unspecified atom stereocenters. The van der Waals surface area contributed by atoms with Crippen LogP contribution in [0, 0.1) is 5.92 Å². The van der Waals surface area contributed by atoms with Crippen molar-refractivity contribution in [3.8, 4) is 0 Å². The van der Waals surface area contributed by atoms with Crippen LogP contribution in [0.5, 0.6) is 0 Å². The number of ether oxygens (including phenoxy) is 1. The molecule has 134 valence electrons. The highest BCUT2D eigenvalue weighted by atomic mass is 16.6. The van der Waals surface area contributed by atoms with Gasteiger partial charge in [-0.25, -0.2) is 4.79 Å². The number of fused-ring (bicyclic) bond motifs is 2. The predicted molar refractivity (Wildman–Crippen MR) is 91.4 cm³/mol. The van der Waals surface area contributed by atoms with Gasteiger partial charge in [-0.05, 0) is 65.3 Å². The molecule has 1 amide bonds. The molecule has 5 nitrogen and oxygen atoms in total. The van der Waals surface area contributed by atoms with Gasteiger partial charge in [0.05, 0.1) is 6.10 Å². The standard InChI is InChI=1S/C18H34N2O3/c1-12(2)16(21)8-9-19-13-10-14-6-7-15(11-13)20(14)17(22)23-18(3,4)5/h12-16,19,21H,6-11H2,1-5H3. The maximum atomic E-state index is 12.4. The zero-order valence-corrected chi connectivity index (χ0v) is 15.3. The molecule has 2 saturated heterocycles. The van der Waals surface area contributed by atoms with Crippen LogP contribution in [0.3, 0.4) is 0 Å². The van der Waals surface area contributed by atoms with Crippen LogP contribution < -0.4 is 5.32 Å². The lowest BCUT2D eigenvalue weighted by molar-refractivity contribution is 0.00458. The second kappa shape index (κ2) is 7.39. The molecule has 2 aliphatic rings. The smallest absolute Gasteiger partial charge is 0.410 e. The van der Waals surface area contributed by atoms with Crippen LogP contribution in [-0.4, -0.2) is 52.5 Å². The minimum absolute atomic E-state index is 0.154. The number of rotatable bonds is 5. The first-order chi connectivity index (χ1) is 10.7. The lowest BCUT2D eigenvalue weighted by Gasteiger charge is -2.39. The molecule has 2 heterocycles. The van der Waals surface area contributed by atoms with Gasteiger partial charge in [0.1, 0.15) is 5.60 Å². The summed E-state index contributed by atoms with van der Waals surface area (Å²) in [6.45, 7) is 10.7. The molecule has 3 atom stereocenters. The fraction of sp³-hybridized carbons (Fsp3) is 0.944. The zero-order chi connectivity index (χ0) is 17.2. The average molecular weight is 326 g/mol. The van der Waals surface area contributed by atoms with Crippen LogP contribution >= 0.6 is 0 Å². The minimum atomic E-state index is -0.432. The summed E-state index contributed by atoms with van der Waals surface area (Å²) >= 11 is 0. The largest absolute Gasteiger partial charge is 0.444 e. The van der Waals surface area contributed by atoms with Crippen molar-refractivity contribution in [3.05, 3.63) is 0 Å². The molecular weight excluding hydrogens is 292 g/mol. The summed E-state index contributed by atoms with van der Waals surface area (Å²) in [5.41, 5.74) is -0.432. The van der Waals surface area contributed by atoms with E-state index < -0.39 is 5.60 Å². The summed E-state index contributed by atoms with van der Waals surface area (Å²) in [6.07, 6.45) is 4.55. The van der Waals surface area contributed by atoms with Gasteiger partial charge in [-0.1, -0.05) is 13.8 Å². The molecule has 2 N–H and O–H groups in total. The van der Waals surface area contributed by atoms with Crippen LogP contribution in [0.1, 0.15) is 66.7 Å². The first-order valence-electron chi connectivity index (χ1n) is 9.10. The van der Waals surface area contributed by atoms with Gasteiger partial charge in [0.25, 0.3) is 0 Å². The number of piperidine rings is 1. The van der Waals surface area contributed by atoms with E-state index in [1.807, 2.05) is 39.5 Å². The first-order valence-corrected chi connectivity index (χ1v) is 9.10. The number of carbonyl (C=O) groups is 1. The number of amides is 1. The van der Waals surface area contributed by atoms with E-state index in [1.165, 1.54) is 0 Å². The molecule has 0 saturated carbocycles. The normalized spacial score (nSPS) is 29.0. The van der Waals surface area contributed by atoms with Crippen molar-refractivity contribution in [1.29, 1.82) is 0 Å². The number of hydrogen-bond acceptors (Lipinski definition) is 4. The van der Waals surface area contributed by atoms with Gasteiger partial charge >= 0.3 is 6.09 Å². The van der Waals surface area contributed by atoms with Crippen LogP contribution in [0.4, 0.5) is 4.79 Å². The molecule has 0 aromatic heterocycles. The fourth-order valence-electron chi connectivity index (χ4n) is 3.73. The molecule has 2 fully saturated rings. The van der Waals surface area contributed by atoms with Crippen molar-refractivity contribution in [1.82, 2.24) is 10.2 Å². The lowest BCUT2D eigenvalue weighted by atomic mass is 9.97. The summed E-state index contributed by atoms with van der Waals surface area (Å²) in [5, 5.41) is 13.5. The van der Waals surface area contributed by atoms with Crippen LogP contribution in [0.15, 0.2) is 0 Å². The predicted octanol–water partition coefficient (Wildman–Crippen LogP) is 2.91. The molecule has 5 heteroatoms. The van der Waals surface area contributed by atoms with E-state index in [1.54, 1.807) is 0 Å². The molecule has 23 heavy (non-hydrogen) atoms. The summed E-state index contributed by atoms with van der Waals surface area (Å²) < 4.78 is 5.57. The Morgan fingerprint density at radius 2 is 1.83 bits per heavy atom. The molecule has 2 bridgehead atoms. The van der Waals surface area contributed by atoms with Gasteiger partial charge in [0.2, 0.25) is 0 Å². The number of nitrogens with zero attached hydrogens (tertiary/aromatic N) is 1. The van der Waals surface area contributed by atoms with Crippen molar-refractivity contribution in [2.75, 3.05) is 6.54 Å². The Hall–Kier alpha value is -0.810. The maximum Gasteiger partial charge on any atom is 0.410 e. The van der Waals surface area contributed by atoms with Crippen LogP contribution in [0.25, 0.3) is 0 Å². The molecule has 0 aliphatic carbocycles. The Balaban J connectivity index is 1.81. The number of carbonyl (C=O) groups excluding carboxylic acids is 1.